The molecule has 2 atom stereocenters. The zero-order valence-electron chi connectivity index (χ0n) is 11.9. The Morgan fingerprint density at radius 3 is 2.72 bits per heavy atom. The van der Waals surface area contributed by atoms with Crippen LogP contribution in [-0.2, 0) is 11.2 Å². The van der Waals surface area contributed by atoms with Crippen LogP contribution in [0.2, 0.25) is 0 Å². The summed E-state index contributed by atoms with van der Waals surface area (Å²) in [6.45, 7) is 8.35. The molecule has 0 spiro atoms. The van der Waals surface area contributed by atoms with Crippen LogP contribution in [0.3, 0.4) is 0 Å². The lowest BCUT2D eigenvalue weighted by atomic mass is 10.1. The first kappa shape index (κ1) is 15.5. The molecule has 0 aliphatic heterocycles. The fourth-order valence-electron chi connectivity index (χ4n) is 1.86. The molecule has 0 amide bonds. The summed E-state index contributed by atoms with van der Waals surface area (Å²) in [6, 6.07) is 0.355. The van der Waals surface area contributed by atoms with Crippen LogP contribution in [0.1, 0.15) is 49.7 Å². The quantitative estimate of drug-likeness (QED) is 0.750. The first-order chi connectivity index (χ1) is 8.71. The van der Waals surface area contributed by atoms with E-state index in [1.165, 1.54) is 0 Å². The highest BCUT2D eigenvalue weighted by atomic mass is 32.1. The van der Waals surface area contributed by atoms with Crippen LogP contribution in [0.4, 0.5) is 0 Å². The molecule has 104 valence electrons. The van der Waals surface area contributed by atoms with E-state index in [0.29, 0.717) is 12.0 Å². The number of methoxy groups -OCH3 is 1. The van der Waals surface area contributed by atoms with Crippen molar-refractivity contribution in [2.24, 2.45) is 5.92 Å². The Morgan fingerprint density at radius 1 is 1.33 bits per heavy atom. The number of nitrogens with zero attached hydrogens (tertiary/aromatic N) is 2. The van der Waals surface area contributed by atoms with Crippen LogP contribution in [0.25, 0.3) is 0 Å². The van der Waals surface area contributed by atoms with E-state index in [2.05, 4.69) is 36.3 Å². The van der Waals surface area contributed by atoms with Gasteiger partial charge in [0, 0.05) is 20.1 Å². The van der Waals surface area contributed by atoms with Gasteiger partial charge in [0.05, 0.1) is 6.04 Å². The molecule has 0 bridgehead atoms. The van der Waals surface area contributed by atoms with Crippen molar-refractivity contribution in [1.29, 1.82) is 0 Å². The molecule has 1 heterocycles. The lowest BCUT2D eigenvalue weighted by Gasteiger charge is -2.12. The van der Waals surface area contributed by atoms with E-state index in [1.807, 2.05) is 0 Å². The van der Waals surface area contributed by atoms with Crippen LogP contribution < -0.4 is 5.32 Å². The van der Waals surface area contributed by atoms with Crippen molar-refractivity contribution in [2.75, 3.05) is 20.3 Å². The number of nitrogens with one attached hydrogen (secondary N) is 1. The molecular formula is C13H25N3OS. The summed E-state index contributed by atoms with van der Waals surface area (Å²) >= 11 is 1.73. The molecule has 2 unspecified atom stereocenters. The Labute approximate surface area is 114 Å². The van der Waals surface area contributed by atoms with Crippen molar-refractivity contribution in [2.45, 2.75) is 46.1 Å². The molecule has 0 fully saturated rings. The van der Waals surface area contributed by atoms with E-state index in [9.17, 15) is 0 Å². The van der Waals surface area contributed by atoms with E-state index in [1.54, 1.807) is 18.4 Å². The van der Waals surface area contributed by atoms with E-state index in [4.69, 9.17) is 4.74 Å². The minimum Gasteiger partial charge on any atom is -0.384 e. The number of hydrogen-bond acceptors (Lipinski definition) is 5. The van der Waals surface area contributed by atoms with Crippen LogP contribution in [-0.4, -0.2) is 30.5 Å². The molecule has 1 aromatic heterocycles. The fourth-order valence-corrected chi connectivity index (χ4v) is 3.02. The van der Waals surface area contributed by atoms with Gasteiger partial charge in [-0.3, -0.25) is 0 Å². The van der Waals surface area contributed by atoms with E-state index < -0.39 is 0 Å². The highest BCUT2D eigenvalue weighted by Crippen LogP contribution is 2.22. The third-order valence-corrected chi connectivity index (χ3v) is 3.86. The molecule has 4 nitrogen and oxygen atoms in total. The molecule has 18 heavy (non-hydrogen) atoms. The maximum absolute atomic E-state index is 5.15. The summed E-state index contributed by atoms with van der Waals surface area (Å²) in [5.74, 6) is 0.500. The average molecular weight is 271 g/mol. The molecule has 1 rings (SSSR count). The minimum absolute atomic E-state index is 0.355. The van der Waals surface area contributed by atoms with Gasteiger partial charge in [-0.25, -0.2) is 0 Å². The van der Waals surface area contributed by atoms with Crippen LogP contribution in [0.15, 0.2) is 0 Å². The van der Waals surface area contributed by atoms with Crippen molar-refractivity contribution in [3.63, 3.8) is 0 Å². The summed E-state index contributed by atoms with van der Waals surface area (Å²) in [5, 5.41) is 14.4. The third kappa shape index (κ3) is 5.00. The molecular weight excluding hydrogens is 246 g/mol. The topological polar surface area (TPSA) is 47.0 Å². The van der Waals surface area contributed by atoms with Gasteiger partial charge in [0.1, 0.15) is 10.0 Å². The predicted molar refractivity (Wildman–Crippen MR) is 76.0 cm³/mol. The Balaban J connectivity index is 2.54. The van der Waals surface area contributed by atoms with Crippen molar-refractivity contribution >= 4 is 11.3 Å². The first-order valence-corrected chi connectivity index (χ1v) is 7.57. The third-order valence-electron chi connectivity index (χ3n) is 2.80. The van der Waals surface area contributed by atoms with Crippen LogP contribution in [0, 0.1) is 5.92 Å². The normalized spacial score (nSPS) is 14.7. The molecule has 0 saturated heterocycles. The second kappa shape index (κ2) is 8.56. The van der Waals surface area contributed by atoms with E-state index >= 15 is 0 Å². The summed E-state index contributed by atoms with van der Waals surface area (Å²) in [4.78, 5) is 0. The molecule has 0 aliphatic carbocycles. The highest BCUT2D eigenvalue weighted by Gasteiger charge is 2.15. The van der Waals surface area contributed by atoms with Crippen molar-refractivity contribution in [3.05, 3.63) is 10.0 Å². The Morgan fingerprint density at radius 2 is 2.11 bits per heavy atom. The van der Waals surface area contributed by atoms with Gasteiger partial charge in [-0.05, 0) is 25.3 Å². The Kier molecular flexibility index (Phi) is 7.39. The number of rotatable bonds is 9. The molecule has 0 saturated carbocycles. The largest absolute Gasteiger partial charge is 0.384 e. The molecule has 1 aromatic rings. The van der Waals surface area contributed by atoms with Gasteiger partial charge in [0.2, 0.25) is 0 Å². The molecule has 0 aliphatic rings. The van der Waals surface area contributed by atoms with Gasteiger partial charge in [-0.2, -0.15) is 0 Å². The SMILES string of the molecule is CCCNC(CC)c1nnc(CC(C)COC)s1. The number of ether oxygens (including phenoxy) is 1. The standard InChI is InChI=1S/C13H25N3OS/c1-5-7-14-11(6-2)13-16-15-12(18-13)8-10(3)9-17-4/h10-11,14H,5-9H2,1-4H3. The van der Waals surface area contributed by atoms with Gasteiger partial charge in [0.15, 0.2) is 0 Å². The van der Waals surface area contributed by atoms with Gasteiger partial charge in [-0.1, -0.05) is 32.1 Å². The average Bonchev–Trinajstić information content (AvgIpc) is 2.79. The van der Waals surface area contributed by atoms with Gasteiger partial charge in [0.25, 0.3) is 0 Å². The summed E-state index contributed by atoms with van der Waals surface area (Å²) < 4.78 is 5.15. The molecule has 0 radical (unpaired) electrons. The van der Waals surface area contributed by atoms with Gasteiger partial charge < -0.3 is 10.1 Å². The predicted octanol–water partition coefficient (Wildman–Crippen LogP) is 2.81. The van der Waals surface area contributed by atoms with Crippen molar-refractivity contribution in [1.82, 2.24) is 15.5 Å². The summed E-state index contributed by atoms with van der Waals surface area (Å²) in [7, 11) is 1.74. The smallest absolute Gasteiger partial charge is 0.134 e. The second-order valence-electron chi connectivity index (χ2n) is 4.71. The first-order valence-electron chi connectivity index (χ1n) is 6.75. The number of aromatic nitrogens is 2. The second-order valence-corrected chi connectivity index (χ2v) is 5.81. The van der Waals surface area contributed by atoms with Crippen molar-refractivity contribution in [3.8, 4) is 0 Å². The molecule has 1 N–H and O–H groups in total. The zero-order valence-corrected chi connectivity index (χ0v) is 12.7. The monoisotopic (exact) mass is 271 g/mol. The lowest BCUT2D eigenvalue weighted by molar-refractivity contribution is 0.159. The summed E-state index contributed by atoms with van der Waals surface area (Å²) in [6.07, 6.45) is 3.16. The summed E-state index contributed by atoms with van der Waals surface area (Å²) in [5.41, 5.74) is 0. The van der Waals surface area contributed by atoms with E-state index in [-0.39, 0.29) is 0 Å². The Bertz CT molecular complexity index is 330. The highest BCUT2D eigenvalue weighted by molar-refractivity contribution is 7.11. The lowest BCUT2D eigenvalue weighted by Crippen LogP contribution is -2.21. The molecule has 5 heteroatoms. The maximum Gasteiger partial charge on any atom is 0.134 e. The van der Waals surface area contributed by atoms with E-state index in [0.717, 1.165) is 42.4 Å². The fraction of sp³-hybridized carbons (Fsp3) is 0.846. The van der Waals surface area contributed by atoms with Gasteiger partial charge >= 0.3 is 0 Å². The maximum atomic E-state index is 5.15. The van der Waals surface area contributed by atoms with Gasteiger partial charge in [-0.15, -0.1) is 10.2 Å². The van der Waals surface area contributed by atoms with Crippen molar-refractivity contribution < 1.29 is 4.74 Å². The zero-order chi connectivity index (χ0) is 13.4. The Hall–Kier alpha value is -0.520. The van der Waals surface area contributed by atoms with Crippen LogP contribution in [0.5, 0.6) is 0 Å². The van der Waals surface area contributed by atoms with Crippen LogP contribution >= 0.6 is 11.3 Å². The molecule has 0 aromatic carbocycles. The minimum atomic E-state index is 0.355. The number of hydrogen-bond donors (Lipinski definition) is 1.